The first-order valence-corrected chi connectivity index (χ1v) is 9.49. The third-order valence-electron chi connectivity index (χ3n) is 3.68. The lowest BCUT2D eigenvalue weighted by molar-refractivity contribution is 0.777. The number of fused-ring (bicyclic) bond motifs is 1. The zero-order valence-corrected chi connectivity index (χ0v) is 16.5. The molecule has 3 rings (SSSR count). The van der Waals surface area contributed by atoms with Gasteiger partial charge in [-0.2, -0.15) is 5.10 Å². The fraction of sp³-hybridized carbons (Fsp3) is 0.353. The van der Waals surface area contributed by atoms with Gasteiger partial charge in [0.05, 0.1) is 5.39 Å². The van der Waals surface area contributed by atoms with Crippen LogP contribution >= 0.6 is 27.7 Å². The number of rotatable bonds is 5. The van der Waals surface area contributed by atoms with Crippen LogP contribution in [0.4, 0.5) is 5.82 Å². The summed E-state index contributed by atoms with van der Waals surface area (Å²) in [5.74, 6) is 0.785. The summed E-state index contributed by atoms with van der Waals surface area (Å²) in [7, 11) is 1.87. The minimum atomic E-state index is 0.133. The highest BCUT2D eigenvalue weighted by molar-refractivity contribution is 9.10. The van der Waals surface area contributed by atoms with Crippen molar-refractivity contribution in [3.05, 3.63) is 40.8 Å². The summed E-state index contributed by atoms with van der Waals surface area (Å²) in [4.78, 5) is 9.98. The van der Waals surface area contributed by atoms with Crippen molar-refractivity contribution in [1.82, 2.24) is 19.7 Å². The molecule has 7 heteroatoms. The van der Waals surface area contributed by atoms with Crippen LogP contribution in [0.3, 0.4) is 0 Å². The van der Waals surface area contributed by atoms with Crippen LogP contribution in [0, 0.1) is 0 Å². The molecule has 2 heterocycles. The number of thioether (sulfide) groups is 1. The molecule has 0 amide bonds. The molecule has 3 aromatic rings. The van der Waals surface area contributed by atoms with E-state index in [1.165, 1.54) is 10.5 Å². The van der Waals surface area contributed by atoms with Crippen LogP contribution in [0.5, 0.6) is 0 Å². The highest BCUT2D eigenvalue weighted by atomic mass is 79.9. The zero-order chi connectivity index (χ0) is 17.3. The van der Waals surface area contributed by atoms with E-state index in [1.807, 2.05) is 18.8 Å². The maximum absolute atomic E-state index is 4.39. The fourth-order valence-corrected chi connectivity index (χ4v) is 3.99. The van der Waals surface area contributed by atoms with Crippen molar-refractivity contribution in [2.45, 2.75) is 37.0 Å². The maximum Gasteiger partial charge on any atom is 0.164 e. The molecule has 24 heavy (non-hydrogen) atoms. The monoisotopic (exact) mass is 405 g/mol. The summed E-state index contributed by atoms with van der Waals surface area (Å²) in [6.07, 6.45) is 1.56. The van der Waals surface area contributed by atoms with Crippen LogP contribution in [0.25, 0.3) is 11.0 Å². The number of nitrogens with one attached hydrogen (secondary N) is 1. The molecule has 126 valence electrons. The number of hydrogen-bond acceptors (Lipinski definition) is 5. The second kappa shape index (κ2) is 7.11. The van der Waals surface area contributed by atoms with Crippen molar-refractivity contribution in [2.24, 2.45) is 7.05 Å². The van der Waals surface area contributed by atoms with E-state index in [4.69, 9.17) is 0 Å². The number of hydrogen-bond donors (Lipinski definition) is 1. The maximum atomic E-state index is 4.39. The van der Waals surface area contributed by atoms with E-state index in [2.05, 4.69) is 81.4 Å². The van der Waals surface area contributed by atoms with E-state index in [9.17, 15) is 0 Å². The van der Waals surface area contributed by atoms with E-state index >= 15 is 0 Å². The topological polar surface area (TPSA) is 55.6 Å². The lowest BCUT2D eigenvalue weighted by atomic mass is 10.1. The van der Waals surface area contributed by atoms with Crippen molar-refractivity contribution < 1.29 is 0 Å². The molecule has 1 aromatic carbocycles. The van der Waals surface area contributed by atoms with E-state index < -0.39 is 0 Å². The van der Waals surface area contributed by atoms with Crippen LogP contribution < -0.4 is 5.32 Å². The molecule has 0 aliphatic heterocycles. The normalized spacial score (nSPS) is 12.8. The first-order valence-electron chi connectivity index (χ1n) is 7.82. The Bertz CT molecular complexity index is 844. The van der Waals surface area contributed by atoms with Gasteiger partial charge in [-0.3, -0.25) is 0 Å². The van der Waals surface area contributed by atoms with Gasteiger partial charge in [0, 0.05) is 23.2 Å². The molecule has 1 N–H and O–H groups in total. The molecule has 0 aliphatic carbocycles. The smallest absolute Gasteiger partial charge is 0.164 e. The Balaban J connectivity index is 1.83. The first-order chi connectivity index (χ1) is 11.5. The van der Waals surface area contributed by atoms with Gasteiger partial charge in [-0.05, 0) is 40.5 Å². The Labute approximate surface area is 154 Å². The minimum absolute atomic E-state index is 0.133. The van der Waals surface area contributed by atoms with E-state index in [1.54, 1.807) is 11.0 Å². The summed E-state index contributed by atoms with van der Waals surface area (Å²) in [5.41, 5.74) is 2.02. The Hall–Kier alpha value is -1.60. The predicted molar refractivity (Wildman–Crippen MR) is 103 cm³/mol. The molecular formula is C17H20BrN5S. The minimum Gasteiger partial charge on any atom is -0.363 e. The molecule has 0 aliphatic rings. The van der Waals surface area contributed by atoms with Gasteiger partial charge in [0.1, 0.15) is 16.7 Å². The van der Waals surface area contributed by atoms with E-state index in [-0.39, 0.29) is 6.04 Å². The van der Waals surface area contributed by atoms with Gasteiger partial charge in [0.15, 0.2) is 5.65 Å². The second-order valence-corrected chi connectivity index (χ2v) is 8.34. The standard InChI is InChI=1S/C17H20BrN5S/c1-10(2)24-13-7-5-12(6-8-13)11(3)21-16-14-15(18)22-23(4)17(14)20-9-19-16/h5-11H,1-4H3,(H,19,20,21). The largest absolute Gasteiger partial charge is 0.363 e. The summed E-state index contributed by atoms with van der Waals surface area (Å²) in [6, 6.07) is 8.81. The summed E-state index contributed by atoms with van der Waals surface area (Å²) >= 11 is 5.36. The molecule has 0 saturated carbocycles. The Morgan fingerprint density at radius 2 is 1.83 bits per heavy atom. The van der Waals surface area contributed by atoms with Crippen molar-refractivity contribution in [1.29, 1.82) is 0 Å². The lowest BCUT2D eigenvalue weighted by Gasteiger charge is -2.16. The zero-order valence-electron chi connectivity index (χ0n) is 14.1. The molecule has 0 fully saturated rings. The number of nitrogens with zero attached hydrogens (tertiary/aromatic N) is 4. The van der Waals surface area contributed by atoms with Gasteiger partial charge in [-0.15, -0.1) is 11.8 Å². The number of aromatic nitrogens is 4. The third kappa shape index (κ3) is 3.57. The highest BCUT2D eigenvalue weighted by Gasteiger charge is 2.15. The fourth-order valence-electron chi connectivity index (χ4n) is 2.55. The van der Waals surface area contributed by atoms with Gasteiger partial charge in [0.25, 0.3) is 0 Å². The first kappa shape index (κ1) is 17.2. The molecule has 1 unspecified atom stereocenters. The quantitative estimate of drug-likeness (QED) is 0.617. The van der Waals surface area contributed by atoms with Crippen molar-refractivity contribution in [3.63, 3.8) is 0 Å². The second-order valence-electron chi connectivity index (χ2n) is 5.94. The average Bonchev–Trinajstić information content (AvgIpc) is 2.83. The molecule has 0 saturated heterocycles. The summed E-state index contributed by atoms with van der Waals surface area (Å²) in [6.45, 7) is 6.53. The van der Waals surface area contributed by atoms with Gasteiger partial charge in [-0.25, -0.2) is 14.6 Å². The van der Waals surface area contributed by atoms with Crippen LogP contribution in [-0.2, 0) is 7.05 Å². The number of halogens is 1. The highest BCUT2D eigenvalue weighted by Crippen LogP contribution is 2.30. The average molecular weight is 406 g/mol. The van der Waals surface area contributed by atoms with Crippen molar-refractivity contribution in [2.75, 3.05) is 5.32 Å². The molecule has 0 radical (unpaired) electrons. The molecule has 2 aromatic heterocycles. The van der Waals surface area contributed by atoms with Crippen molar-refractivity contribution >= 4 is 44.5 Å². The van der Waals surface area contributed by atoms with E-state index in [0.29, 0.717) is 5.25 Å². The predicted octanol–water partition coefficient (Wildman–Crippen LogP) is 4.80. The Morgan fingerprint density at radius 3 is 2.50 bits per heavy atom. The van der Waals surface area contributed by atoms with Gasteiger partial charge in [-0.1, -0.05) is 26.0 Å². The third-order valence-corrected chi connectivity index (χ3v) is 5.25. The summed E-state index contributed by atoms with van der Waals surface area (Å²) in [5, 5.41) is 9.32. The van der Waals surface area contributed by atoms with Gasteiger partial charge < -0.3 is 5.32 Å². The number of benzene rings is 1. The number of anilines is 1. The van der Waals surface area contributed by atoms with Crippen LogP contribution in [0.1, 0.15) is 32.4 Å². The van der Waals surface area contributed by atoms with Crippen LogP contribution in [0.15, 0.2) is 40.1 Å². The number of aryl methyl sites for hydroxylation is 1. The SMILES string of the molecule is CC(C)Sc1ccc(C(C)Nc2ncnc3c2c(Br)nn3C)cc1. The van der Waals surface area contributed by atoms with Crippen LogP contribution in [-0.4, -0.2) is 25.0 Å². The Morgan fingerprint density at radius 1 is 1.12 bits per heavy atom. The lowest BCUT2D eigenvalue weighted by Crippen LogP contribution is -2.08. The Kier molecular flexibility index (Phi) is 5.10. The molecule has 0 spiro atoms. The molecule has 0 bridgehead atoms. The molecule has 1 atom stereocenters. The van der Waals surface area contributed by atoms with Crippen molar-refractivity contribution in [3.8, 4) is 0 Å². The van der Waals surface area contributed by atoms with Gasteiger partial charge in [0.2, 0.25) is 0 Å². The van der Waals surface area contributed by atoms with Crippen LogP contribution in [0.2, 0.25) is 0 Å². The molecular weight excluding hydrogens is 386 g/mol. The molecule has 5 nitrogen and oxygen atoms in total. The van der Waals surface area contributed by atoms with E-state index in [0.717, 1.165) is 21.5 Å². The van der Waals surface area contributed by atoms with Gasteiger partial charge >= 0.3 is 0 Å². The summed E-state index contributed by atoms with van der Waals surface area (Å²) < 4.78 is 2.49.